The molecule has 1 heterocycles. The minimum atomic E-state index is 0.193. The molecule has 0 aliphatic rings. The Morgan fingerprint density at radius 1 is 1.30 bits per heavy atom. The Kier molecular flexibility index (Phi) is 5.35. The Morgan fingerprint density at radius 3 is 2.75 bits per heavy atom. The van der Waals surface area contributed by atoms with E-state index in [9.17, 15) is 4.79 Å². The lowest BCUT2D eigenvalue weighted by molar-refractivity contribution is 0.0981. The summed E-state index contributed by atoms with van der Waals surface area (Å²) in [6, 6.07) is 7.39. The normalized spacial score (nSPS) is 10.4. The number of Topliss-reactive ketones (excluding diaryl/α,β-unsaturated/α-hetero) is 1. The number of carbonyl (C=O) groups is 1. The predicted molar refractivity (Wildman–Crippen MR) is 78.1 cm³/mol. The number of aryl methyl sites for hydroxylation is 1. The molecular formula is C16H20N2O2. The third kappa shape index (κ3) is 4.23. The van der Waals surface area contributed by atoms with E-state index in [2.05, 4.69) is 9.97 Å². The Bertz CT molecular complexity index is 518. The average molecular weight is 272 g/mol. The number of ether oxygens (including phenoxy) is 1. The van der Waals surface area contributed by atoms with Gasteiger partial charge in [0, 0.05) is 23.9 Å². The zero-order valence-corrected chi connectivity index (χ0v) is 11.8. The number of carbonyl (C=O) groups excluding carboxylic acids is 1. The van der Waals surface area contributed by atoms with Crippen LogP contribution in [0, 0.1) is 0 Å². The van der Waals surface area contributed by atoms with Crippen LogP contribution in [0.25, 0.3) is 0 Å². The molecule has 0 amide bonds. The molecule has 0 atom stereocenters. The van der Waals surface area contributed by atoms with Crippen molar-refractivity contribution in [3.8, 4) is 5.75 Å². The molecule has 0 radical (unpaired) electrons. The first-order valence-electron chi connectivity index (χ1n) is 7.03. The lowest BCUT2D eigenvalue weighted by atomic mass is 10.1. The molecule has 0 unspecified atom stereocenters. The number of rotatable bonds is 8. The Morgan fingerprint density at radius 2 is 2.10 bits per heavy atom. The average Bonchev–Trinajstić information content (AvgIpc) is 2.98. The molecule has 4 nitrogen and oxygen atoms in total. The molecule has 0 spiro atoms. The molecule has 1 aromatic heterocycles. The monoisotopic (exact) mass is 272 g/mol. The van der Waals surface area contributed by atoms with Gasteiger partial charge in [-0.15, -0.1) is 0 Å². The van der Waals surface area contributed by atoms with Gasteiger partial charge in [0.05, 0.1) is 12.9 Å². The highest BCUT2D eigenvalue weighted by Gasteiger charge is 2.04. The van der Waals surface area contributed by atoms with Gasteiger partial charge in [-0.2, -0.15) is 0 Å². The van der Waals surface area contributed by atoms with Gasteiger partial charge in [0.15, 0.2) is 5.78 Å². The summed E-state index contributed by atoms with van der Waals surface area (Å²) in [5.74, 6) is 1.00. The van der Waals surface area contributed by atoms with E-state index >= 15 is 0 Å². The van der Waals surface area contributed by atoms with Crippen molar-refractivity contribution >= 4 is 5.78 Å². The van der Waals surface area contributed by atoms with Crippen molar-refractivity contribution in [3.05, 3.63) is 48.0 Å². The van der Waals surface area contributed by atoms with Crippen molar-refractivity contribution in [3.63, 3.8) is 0 Å². The summed E-state index contributed by atoms with van der Waals surface area (Å²) in [6.07, 6.45) is 6.84. The number of imidazole rings is 1. The van der Waals surface area contributed by atoms with Gasteiger partial charge < -0.3 is 9.72 Å². The van der Waals surface area contributed by atoms with Crippen LogP contribution in [0.15, 0.2) is 36.8 Å². The molecule has 0 fully saturated rings. The van der Waals surface area contributed by atoms with E-state index in [1.165, 1.54) is 0 Å². The summed E-state index contributed by atoms with van der Waals surface area (Å²) in [6.45, 7) is 2.66. The van der Waals surface area contributed by atoms with Crippen LogP contribution in [0.1, 0.15) is 42.2 Å². The van der Waals surface area contributed by atoms with Gasteiger partial charge in [-0.1, -0.05) is 6.92 Å². The second kappa shape index (κ2) is 7.48. The smallest absolute Gasteiger partial charge is 0.162 e. The summed E-state index contributed by atoms with van der Waals surface area (Å²) < 4.78 is 5.65. The number of benzene rings is 1. The highest BCUT2D eigenvalue weighted by atomic mass is 16.5. The maximum Gasteiger partial charge on any atom is 0.162 e. The van der Waals surface area contributed by atoms with Gasteiger partial charge in [0.25, 0.3) is 0 Å². The SMILES string of the molecule is CCCC(=O)c1ccc(OCCCc2cnc[nH]2)cc1. The number of aromatic amines is 1. The largest absolute Gasteiger partial charge is 0.494 e. The lowest BCUT2D eigenvalue weighted by Crippen LogP contribution is -2.01. The first kappa shape index (κ1) is 14.3. The topological polar surface area (TPSA) is 55.0 Å². The van der Waals surface area contributed by atoms with Crippen molar-refractivity contribution in [2.45, 2.75) is 32.6 Å². The minimum Gasteiger partial charge on any atom is -0.494 e. The summed E-state index contributed by atoms with van der Waals surface area (Å²) in [7, 11) is 0. The van der Waals surface area contributed by atoms with Crippen LogP contribution in [0.4, 0.5) is 0 Å². The van der Waals surface area contributed by atoms with Gasteiger partial charge in [0.1, 0.15) is 5.75 Å². The zero-order chi connectivity index (χ0) is 14.2. The molecule has 1 N–H and O–H groups in total. The van der Waals surface area contributed by atoms with Gasteiger partial charge >= 0.3 is 0 Å². The standard InChI is InChI=1S/C16H20N2O2/c1-2-4-16(19)13-6-8-15(9-7-13)20-10-3-5-14-11-17-12-18-14/h6-9,11-12H,2-5,10H2,1H3,(H,17,18). The Hall–Kier alpha value is -2.10. The summed E-state index contributed by atoms with van der Waals surface area (Å²) >= 11 is 0. The van der Waals surface area contributed by atoms with E-state index in [1.807, 2.05) is 37.4 Å². The van der Waals surface area contributed by atoms with Crippen LogP contribution in [0.2, 0.25) is 0 Å². The van der Waals surface area contributed by atoms with E-state index in [1.54, 1.807) is 6.33 Å². The maximum atomic E-state index is 11.7. The van der Waals surface area contributed by atoms with E-state index in [-0.39, 0.29) is 5.78 Å². The van der Waals surface area contributed by atoms with Crippen LogP contribution in [0.3, 0.4) is 0 Å². The number of H-pyrrole nitrogens is 1. The van der Waals surface area contributed by atoms with Gasteiger partial charge in [0.2, 0.25) is 0 Å². The second-order valence-electron chi connectivity index (χ2n) is 4.73. The van der Waals surface area contributed by atoms with Gasteiger partial charge in [-0.3, -0.25) is 4.79 Å². The zero-order valence-electron chi connectivity index (χ0n) is 11.8. The van der Waals surface area contributed by atoms with Crippen molar-refractivity contribution < 1.29 is 9.53 Å². The molecule has 0 saturated carbocycles. The number of aromatic nitrogens is 2. The quantitative estimate of drug-likeness (QED) is 0.592. The van der Waals surface area contributed by atoms with Gasteiger partial charge in [-0.25, -0.2) is 4.98 Å². The third-order valence-electron chi connectivity index (χ3n) is 3.07. The van der Waals surface area contributed by atoms with Crippen LogP contribution in [-0.4, -0.2) is 22.4 Å². The first-order chi connectivity index (χ1) is 9.79. The molecule has 20 heavy (non-hydrogen) atoms. The minimum absolute atomic E-state index is 0.193. The second-order valence-corrected chi connectivity index (χ2v) is 4.73. The number of nitrogens with one attached hydrogen (secondary N) is 1. The molecule has 0 aliphatic carbocycles. The van der Waals surface area contributed by atoms with E-state index in [0.29, 0.717) is 13.0 Å². The van der Waals surface area contributed by atoms with Crippen molar-refractivity contribution in [1.29, 1.82) is 0 Å². The fraction of sp³-hybridized carbons (Fsp3) is 0.375. The summed E-state index contributed by atoms with van der Waals surface area (Å²) in [5.41, 5.74) is 1.88. The van der Waals surface area contributed by atoms with Crippen LogP contribution in [0.5, 0.6) is 5.75 Å². The molecule has 1 aromatic carbocycles. The van der Waals surface area contributed by atoms with Crippen molar-refractivity contribution in [1.82, 2.24) is 9.97 Å². The third-order valence-corrected chi connectivity index (χ3v) is 3.07. The first-order valence-corrected chi connectivity index (χ1v) is 7.03. The van der Waals surface area contributed by atoms with E-state index in [4.69, 9.17) is 4.74 Å². The molecule has 2 aromatic rings. The molecule has 106 valence electrons. The van der Waals surface area contributed by atoms with Crippen LogP contribution in [-0.2, 0) is 6.42 Å². The number of hydrogen-bond donors (Lipinski definition) is 1. The van der Waals surface area contributed by atoms with E-state index < -0.39 is 0 Å². The predicted octanol–water partition coefficient (Wildman–Crippen LogP) is 3.40. The Balaban J connectivity index is 1.74. The summed E-state index contributed by atoms with van der Waals surface area (Å²) in [5, 5.41) is 0. The molecule has 0 bridgehead atoms. The van der Waals surface area contributed by atoms with Crippen LogP contribution < -0.4 is 4.74 Å². The molecular weight excluding hydrogens is 252 g/mol. The van der Waals surface area contributed by atoms with Crippen molar-refractivity contribution in [2.24, 2.45) is 0 Å². The number of ketones is 1. The highest BCUT2D eigenvalue weighted by Crippen LogP contribution is 2.14. The Labute approximate surface area is 119 Å². The van der Waals surface area contributed by atoms with Crippen molar-refractivity contribution in [2.75, 3.05) is 6.61 Å². The fourth-order valence-corrected chi connectivity index (χ4v) is 1.98. The fourth-order valence-electron chi connectivity index (χ4n) is 1.98. The number of nitrogens with zero attached hydrogens (tertiary/aromatic N) is 1. The summed E-state index contributed by atoms with van der Waals surface area (Å²) in [4.78, 5) is 18.7. The lowest BCUT2D eigenvalue weighted by Gasteiger charge is -2.06. The number of hydrogen-bond acceptors (Lipinski definition) is 3. The molecule has 4 heteroatoms. The van der Waals surface area contributed by atoms with Gasteiger partial charge in [-0.05, 0) is 43.5 Å². The molecule has 2 rings (SSSR count). The van der Waals surface area contributed by atoms with Crippen LogP contribution >= 0.6 is 0 Å². The molecule has 0 aliphatic heterocycles. The highest BCUT2D eigenvalue weighted by molar-refractivity contribution is 5.96. The van der Waals surface area contributed by atoms with E-state index in [0.717, 1.165) is 36.3 Å². The molecule has 0 saturated heterocycles. The maximum absolute atomic E-state index is 11.7.